The third kappa shape index (κ3) is 3.86. The van der Waals surface area contributed by atoms with Crippen molar-refractivity contribution in [1.82, 2.24) is 19.7 Å². The molecule has 6 rings (SSSR count). The number of halogens is 2. The number of nitrogens with two attached hydrogens (primary N) is 1. The Morgan fingerprint density at radius 3 is 2.39 bits per heavy atom. The molecule has 0 saturated carbocycles. The molecule has 1 aliphatic rings. The normalized spacial score (nSPS) is 14.0. The topological polar surface area (TPSA) is 88.5 Å². The van der Waals surface area contributed by atoms with Crippen LogP contribution in [0.3, 0.4) is 0 Å². The van der Waals surface area contributed by atoms with Crippen LogP contribution in [0.5, 0.6) is 0 Å². The SMILES string of the molecule is NC(=O)c1c(-c2c(Cl)cccc2Cl)nc2c3cc(-c4ccc(N5CCNCC5)cc4)cnc3ccn12. The van der Waals surface area contributed by atoms with E-state index < -0.39 is 5.91 Å². The van der Waals surface area contributed by atoms with E-state index in [0.717, 1.165) is 48.2 Å². The second-order valence-electron chi connectivity index (χ2n) is 8.72. The number of carbonyl (C=O) groups is 1. The molecule has 2 aromatic carbocycles. The molecule has 9 heteroatoms. The lowest BCUT2D eigenvalue weighted by Gasteiger charge is -2.29. The van der Waals surface area contributed by atoms with Crippen molar-refractivity contribution in [2.45, 2.75) is 0 Å². The number of amides is 1. The predicted octanol–water partition coefficient (Wildman–Crippen LogP) is 5.03. The highest BCUT2D eigenvalue weighted by Gasteiger charge is 2.23. The van der Waals surface area contributed by atoms with Gasteiger partial charge in [-0.25, -0.2) is 4.98 Å². The second kappa shape index (κ2) is 9.09. The fraction of sp³-hybridized carbons (Fsp3) is 0.148. The molecule has 7 nitrogen and oxygen atoms in total. The van der Waals surface area contributed by atoms with Crippen LogP contribution in [0.4, 0.5) is 5.69 Å². The summed E-state index contributed by atoms with van der Waals surface area (Å²) in [7, 11) is 0. The number of fused-ring (bicyclic) bond motifs is 3. The summed E-state index contributed by atoms with van der Waals surface area (Å²) < 4.78 is 1.68. The van der Waals surface area contributed by atoms with Crippen molar-refractivity contribution >= 4 is 51.3 Å². The Morgan fingerprint density at radius 1 is 0.972 bits per heavy atom. The quantitative estimate of drug-likeness (QED) is 0.349. The molecular formula is C27H22Cl2N6O. The number of imidazole rings is 1. The highest BCUT2D eigenvalue weighted by Crippen LogP contribution is 2.37. The van der Waals surface area contributed by atoms with Gasteiger partial charge in [0.15, 0.2) is 0 Å². The van der Waals surface area contributed by atoms with Gasteiger partial charge in [-0.05, 0) is 42.0 Å². The van der Waals surface area contributed by atoms with Gasteiger partial charge in [-0.2, -0.15) is 0 Å². The largest absolute Gasteiger partial charge is 0.369 e. The molecule has 1 aliphatic heterocycles. The second-order valence-corrected chi connectivity index (χ2v) is 9.53. The van der Waals surface area contributed by atoms with Gasteiger partial charge in [0.25, 0.3) is 5.91 Å². The summed E-state index contributed by atoms with van der Waals surface area (Å²) in [4.78, 5) is 24.4. The zero-order valence-electron chi connectivity index (χ0n) is 19.2. The number of hydrogen-bond donors (Lipinski definition) is 2. The van der Waals surface area contributed by atoms with Crippen molar-refractivity contribution in [3.8, 4) is 22.4 Å². The molecule has 180 valence electrons. The Balaban J connectivity index is 1.49. The van der Waals surface area contributed by atoms with Crippen molar-refractivity contribution in [3.05, 3.63) is 82.7 Å². The third-order valence-corrected chi connectivity index (χ3v) is 7.20. The first-order chi connectivity index (χ1) is 17.5. The van der Waals surface area contributed by atoms with E-state index >= 15 is 0 Å². The predicted molar refractivity (Wildman–Crippen MR) is 145 cm³/mol. The molecule has 5 aromatic rings. The van der Waals surface area contributed by atoms with Gasteiger partial charge in [-0.3, -0.25) is 14.2 Å². The van der Waals surface area contributed by atoms with E-state index in [9.17, 15) is 4.79 Å². The van der Waals surface area contributed by atoms with Gasteiger partial charge in [0.05, 0.1) is 15.6 Å². The number of aromatic nitrogens is 3. The van der Waals surface area contributed by atoms with Gasteiger partial charge in [-0.15, -0.1) is 0 Å². The lowest BCUT2D eigenvalue weighted by molar-refractivity contribution is 0.0995. The monoisotopic (exact) mass is 516 g/mol. The van der Waals surface area contributed by atoms with Crippen molar-refractivity contribution in [2.75, 3.05) is 31.1 Å². The minimum Gasteiger partial charge on any atom is -0.369 e. The Morgan fingerprint density at radius 2 is 1.69 bits per heavy atom. The number of pyridine rings is 2. The number of piperazine rings is 1. The van der Waals surface area contributed by atoms with Gasteiger partial charge in [-0.1, -0.05) is 41.4 Å². The van der Waals surface area contributed by atoms with Gasteiger partial charge in [0, 0.05) is 60.8 Å². The summed E-state index contributed by atoms with van der Waals surface area (Å²) in [5.74, 6) is -0.625. The summed E-state index contributed by atoms with van der Waals surface area (Å²) in [5.41, 5.74) is 11.3. The smallest absolute Gasteiger partial charge is 0.268 e. The molecular weight excluding hydrogens is 495 g/mol. The molecule has 36 heavy (non-hydrogen) atoms. The average Bonchev–Trinajstić information content (AvgIpc) is 3.29. The average molecular weight is 517 g/mol. The summed E-state index contributed by atoms with van der Waals surface area (Å²) in [5, 5.41) is 4.95. The number of nitrogens with zero attached hydrogens (tertiary/aromatic N) is 4. The summed E-state index contributed by atoms with van der Waals surface area (Å²) >= 11 is 12.9. The van der Waals surface area contributed by atoms with Crippen LogP contribution in [0.1, 0.15) is 10.5 Å². The molecule has 0 radical (unpaired) electrons. The van der Waals surface area contributed by atoms with Crippen LogP contribution in [0, 0.1) is 0 Å². The van der Waals surface area contributed by atoms with Gasteiger partial charge >= 0.3 is 0 Å². The number of rotatable bonds is 4. The van der Waals surface area contributed by atoms with Crippen LogP contribution in [-0.2, 0) is 0 Å². The van der Waals surface area contributed by atoms with Crippen LogP contribution in [0.15, 0.2) is 67.0 Å². The number of nitrogens with one attached hydrogen (secondary N) is 1. The van der Waals surface area contributed by atoms with Crippen LogP contribution in [0.25, 0.3) is 38.9 Å². The molecule has 0 atom stereocenters. The molecule has 0 unspecified atom stereocenters. The van der Waals surface area contributed by atoms with Gasteiger partial charge in [0.2, 0.25) is 0 Å². The Bertz CT molecular complexity index is 1600. The minimum atomic E-state index is -0.625. The van der Waals surface area contributed by atoms with E-state index in [-0.39, 0.29) is 5.69 Å². The van der Waals surface area contributed by atoms with E-state index in [1.54, 1.807) is 28.8 Å². The zero-order chi connectivity index (χ0) is 24.8. The summed E-state index contributed by atoms with van der Waals surface area (Å²) in [6, 6.07) is 17.5. The number of benzene rings is 2. The Kier molecular flexibility index (Phi) is 5.76. The van der Waals surface area contributed by atoms with E-state index in [0.29, 0.717) is 26.9 Å². The van der Waals surface area contributed by atoms with Crippen LogP contribution >= 0.6 is 23.2 Å². The minimum absolute atomic E-state index is 0.215. The maximum atomic E-state index is 12.5. The lowest BCUT2D eigenvalue weighted by Crippen LogP contribution is -2.43. The van der Waals surface area contributed by atoms with Crippen LogP contribution in [0.2, 0.25) is 10.0 Å². The highest BCUT2D eigenvalue weighted by atomic mass is 35.5. The Hall–Kier alpha value is -3.65. The number of hydrogen-bond acceptors (Lipinski definition) is 5. The third-order valence-electron chi connectivity index (χ3n) is 6.57. The highest BCUT2D eigenvalue weighted by molar-refractivity contribution is 6.39. The first kappa shape index (κ1) is 22.8. The Labute approximate surface area is 217 Å². The number of carbonyl (C=O) groups excluding carboxylic acids is 1. The van der Waals surface area contributed by atoms with Gasteiger partial charge in [0.1, 0.15) is 17.0 Å². The molecule has 1 amide bonds. The van der Waals surface area contributed by atoms with Crippen LogP contribution in [-0.4, -0.2) is 46.5 Å². The molecule has 3 N–H and O–H groups in total. The first-order valence-electron chi connectivity index (χ1n) is 11.6. The van der Waals surface area contributed by atoms with Crippen LogP contribution < -0.4 is 16.0 Å². The maximum Gasteiger partial charge on any atom is 0.268 e. The maximum absolute atomic E-state index is 12.5. The van der Waals surface area contributed by atoms with Crippen molar-refractivity contribution in [2.24, 2.45) is 5.73 Å². The number of anilines is 1. The van der Waals surface area contributed by atoms with Crippen molar-refractivity contribution in [1.29, 1.82) is 0 Å². The van der Waals surface area contributed by atoms with E-state index in [1.807, 2.05) is 18.3 Å². The molecule has 1 saturated heterocycles. The fourth-order valence-electron chi connectivity index (χ4n) is 4.78. The fourth-order valence-corrected chi connectivity index (χ4v) is 5.36. The summed E-state index contributed by atoms with van der Waals surface area (Å²) in [6.07, 6.45) is 3.59. The molecule has 1 fully saturated rings. The first-order valence-corrected chi connectivity index (χ1v) is 12.4. The number of primary amides is 1. The standard InChI is InChI=1S/C27H22Cl2N6O/c28-20-2-1-3-21(29)23(20)24-25(26(30)36)35-11-8-22-19(27(35)33-24)14-17(15-32-22)16-4-6-18(7-5-16)34-12-9-31-10-13-34/h1-8,11,14-15,31H,9-10,12-13H2,(H2,30,36). The zero-order valence-corrected chi connectivity index (χ0v) is 20.7. The molecule has 0 aliphatic carbocycles. The molecule has 3 aromatic heterocycles. The molecule has 0 bridgehead atoms. The lowest BCUT2D eigenvalue weighted by atomic mass is 10.1. The van der Waals surface area contributed by atoms with E-state index in [2.05, 4.69) is 39.5 Å². The van der Waals surface area contributed by atoms with Crippen molar-refractivity contribution in [3.63, 3.8) is 0 Å². The molecule has 4 heterocycles. The van der Waals surface area contributed by atoms with Crippen molar-refractivity contribution < 1.29 is 4.79 Å². The van der Waals surface area contributed by atoms with E-state index in [1.165, 1.54) is 5.69 Å². The van der Waals surface area contributed by atoms with Gasteiger partial charge < -0.3 is 16.0 Å². The molecule has 0 spiro atoms. The van der Waals surface area contributed by atoms with E-state index in [4.69, 9.17) is 33.9 Å². The summed E-state index contributed by atoms with van der Waals surface area (Å²) in [6.45, 7) is 3.97.